The van der Waals surface area contributed by atoms with Gasteiger partial charge in [-0.05, 0) is 78.9 Å². The summed E-state index contributed by atoms with van der Waals surface area (Å²) in [5.41, 5.74) is 19.8. The average Bonchev–Trinajstić information content (AvgIpc) is 3.94. The molecule has 0 bridgehead atoms. The Kier molecular flexibility index (Phi) is 9.96. The van der Waals surface area contributed by atoms with Crippen LogP contribution in [0, 0.1) is 0 Å². The predicted molar refractivity (Wildman–Crippen MR) is 293 cm³/mol. The quantitative estimate of drug-likeness (QED) is 0.151. The first-order chi connectivity index (χ1) is 36.2. The topological polar surface area (TPSA) is 77.3 Å². The van der Waals surface area contributed by atoms with E-state index in [1.165, 1.54) is 44.5 Å². The van der Waals surface area contributed by atoms with Crippen molar-refractivity contribution in [3.05, 3.63) is 277 Å². The number of fused-ring (bicyclic) bond motifs is 10. The first kappa shape index (κ1) is 42.1. The van der Waals surface area contributed by atoms with Crippen LogP contribution in [-0.2, 0) is 5.41 Å². The maximum absolute atomic E-state index is 5.01. The number of rotatable bonds is 8. The van der Waals surface area contributed by atoms with E-state index >= 15 is 0 Å². The molecule has 0 fully saturated rings. The highest BCUT2D eigenvalue weighted by Crippen LogP contribution is 2.63. The van der Waals surface area contributed by atoms with E-state index in [1.807, 2.05) is 121 Å². The van der Waals surface area contributed by atoms with E-state index in [-0.39, 0.29) is 0 Å². The SMILES string of the molecule is c1ccc(-c2nc(-c3ccccc3)nc(-c3ccc(-c4ccc5c(c4)C4(c6ccccc6-5)c5ccccc5-c5ccc(-c6ccc(-c7nc(-c8ccccc8)nc(-c8ccccc8)n7)cc6)cc54)cc3)n2)cc1. The first-order valence-corrected chi connectivity index (χ1v) is 24.6. The van der Waals surface area contributed by atoms with E-state index in [0.29, 0.717) is 34.9 Å². The maximum Gasteiger partial charge on any atom is 0.164 e. The highest BCUT2D eigenvalue weighted by atomic mass is 15.0. The summed E-state index contributed by atoms with van der Waals surface area (Å²) in [6, 6.07) is 89.8. The average molecular weight is 931 g/mol. The number of nitrogens with zero attached hydrogens (tertiary/aromatic N) is 6. The lowest BCUT2D eigenvalue weighted by atomic mass is 9.70. The summed E-state index contributed by atoms with van der Waals surface area (Å²) in [5, 5.41) is 0. The van der Waals surface area contributed by atoms with Crippen LogP contribution in [0.2, 0.25) is 0 Å². The van der Waals surface area contributed by atoms with E-state index in [4.69, 9.17) is 29.9 Å². The van der Waals surface area contributed by atoms with Gasteiger partial charge in [0.15, 0.2) is 34.9 Å². The molecule has 2 aliphatic rings. The Morgan fingerprint density at radius 2 is 0.411 bits per heavy atom. The van der Waals surface area contributed by atoms with Gasteiger partial charge in [0.25, 0.3) is 0 Å². The summed E-state index contributed by atoms with van der Waals surface area (Å²) in [4.78, 5) is 29.9. The van der Waals surface area contributed by atoms with Crippen molar-refractivity contribution >= 4 is 0 Å². The van der Waals surface area contributed by atoms with Gasteiger partial charge in [-0.2, -0.15) is 0 Å². The van der Waals surface area contributed by atoms with Gasteiger partial charge in [-0.15, -0.1) is 0 Å². The zero-order valence-electron chi connectivity index (χ0n) is 39.4. The first-order valence-electron chi connectivity index (χ1n) is 24.6. The van der Waals surface area contributed by atoms with Crippen LogP contribution >= 0.6 is 0 Å². The highest BCUT2D eigenvalue weighted by molar-refractivity contribution is 5.97. The van der Waals surface area contributed by atoms with Gasteiger partial charge in [-0.3, -0.25) is 0 Å². The van der Waals surface area contributed by atoms with E-state index in [0.717, 1.165) is 55.6 Å². The minimum Gasteiger partial charge on any atom is -0.208 e. The standard InChI is InChI=1S/C67H42N6/c1-5-17-45(18-6-1)61-68-62(46-19-7-2-8-20-46)71-65(70-61)49-33-29-43(30-34-49)51-37-39-55-53-25-13-15-27-57(53)67(59(55)41-51)58-28-16-14-26-54(58)56-40-38-52(42-60(56)67)44-31-35-50(36-32-44)66-72-63(47-21-9-3-10-22-47)69-64(73-66)48-23-11-4-12-24-48/h1-42H. The molecule has 73 heavy (non-hydrogen) atoms. The highest BCUT2D eigenvalue weighted by Gasteiger charge is 2.51. The summed E-state index contributed by atoms with van der Waals surface area (Å²) in [6.07, 6.45) is 0. The third kappa shape index (κ3) is 7.10. The summed E-state index contributed by atoms with van der Waals surface area (Å²) < 4.78 is 0. The Labute approximate surface area is 423 Å². The normalized spacial score (nSPS) is 12.5. The predicted octanol–water partition coefficient (Wildman–Crippen LogP) is 15.7. The van der Waals surface area contributed by atoms with Crippen LogP contribution in [0.4, 0.5) is 0 Å². The Bertz CT molecular complexity index is 3660. The summed E-state index contributed by atoms with van der Waals surface area (Å²) in [6.45, 7) is 0. The van der Waals surface area contributed by atoms with Crippen LogP contribution in [0.3, 0.4) is 0 Å². The van der Waals surface area contributed by atoms with Gasteiger partial charge in [0, 0.05) is 33.4 Å². The second kappa shape index (κ2) is 17.3. The van der Waals surface area contributed by atoms with Crippen molar-refractivity contribution in [2.45, 2.75) is 5.41 Å². The van der Waals surface area contributed by atoms with Crippen molar-refractivity contribution in [1.82, 2.24) is 29.9 Å². The third-order valence-electron chi connectivity index (χ3n) is 14.4. The number of benzene rings is 10. The van der Waals surface area contributed by atoms with E-state index in [9.17, 15) is 0 Å². The fourth-order valence-electron chi connectivity index (χ4n) is 11.0. The lowest BCUT2D eigenvalue weighted by Gasteiger charge is -2.31. The molecule has 12 aromatic rings. The van der Waals surface area contributed by atoms with Crippen LogP contribution in [-0.4, -0.2) is 29.9 Å². The molecule has 0 N–H and O–H groups in total. The lowest BCUT2D eigenvalue weighted by molar-refractivity contribution is 0.794. The second-order valence-electron chi connectivity index (χ2n) is 18.6. The zero-order chi connectivity index (χ0) is 48.3. The van der Waals surface area contributed by atoms with Crippen molar-refractivity contribution in [3.8, 4) is 113 Å². The second-order valence-corrected chi connectivity index (χ2v) is 18.6. The minimum atomic E-state index is -0.539. The molecule has 0 amide bonds. The molecule has 2 aromatic heterocycles. The molecule has 0 atom stereocenters. The molecule has 0 radical (unpaired) electrons. The third-order valence-corrected chi connectivity index (χ3v) is 14.4. The molecule has 0 aliphatic heterocycles. The smallest absolute Gasteiger partial charge is 0.164 e. The molecule has 340 valence electrons. The van der Waals surface area contributed by atoms with Crippen molar-refractivity contribution in [1.29, 1.82) is 0 Å². The van der Waals surface area contributed by atoms with Crippen LogP contribution in [0.1, 0.15) is 22.3 Å². The van der Waals surface area contributed by atoms with Crippen molar-refractivity contribution in [2.75, 3.05) is 0 Å². The molecule has 6 heteroatoms. The number of hydrogen-bond donors (Lipinski definition) is 0. The largest absolute Gasteiger partial charge is 0.208 e. The van der Waals surface area contributed by atoms with E-state index in [1.54, 1.807) is 0 Å². The van der Waals surface area contributed by atoms with E-state index < -0.39 is 5.41 Å². The molecule has 0 saturated heterocycles. The molecular formula is C67H42N6. The molecule has 2 heterocycles. The molecular weight excluding hydrogens is 889 g/mol. The van der Waals surface area contributed by atoms with Crippen molar-refractivity contribution in [2.24, 2.45) is 0 Å². The fourth-order valence-corrected chi connectivity index (χ4v) is 11.0. The van der Waals surface area contributed by atoms with Crippen LogP contribution in [0.15, 0.2) is 255 Å². The number of aromatic nitrogens is 6. The van der Waals surface area contributed by atoms with Gasteiger partial charge in [0.1, 0.15) is 0 Å². The van der Waals surface area contributed by atoms with Gasteiger partial charge in [-0.25, -0.2) is 29.9 Å². The Balaban J connectivity index is 0.858. The Hall–Kier alpha value is -9.78. The van der Waals surface area contributed by atoms with Gasteiger partial charge < -0.3 is 0 Å². The van der Waals surface area contributed by atoms with Crippen LogP contribution < -0.4 is 0 Å². The van der Waals surface area contributed by atoms with E-state index in [2.05, 4.69) is 133 Å². The summed E-state index contributed by atoms with van der Waals surface area (Å²) in [5.74, 6) is 3.83. The zero-order valence-corrected chi connectivity index (χ0v) is 39.4. The monoisotopic (exact) mass is 930 g/mol. The molecule has 2 aliphatic carbocycles. The molecule has 0 saturated carbocycles. The molecule has 1 spiro atoms. The van der Waals surface area contributed by atoms with Crippen LogP contribution in [0.5, 0.6) is 0 Å². The van der Waals surface area contributed by atoms with Gasteiger partial charge in [0.2, 0.25) is 0 Å². The maximum atomic E-state index is 5.01. The van der Waals surface area contributed by atoms with Gasteiger partial charge >= 0.3 is 0 Å². The van der Waals surface area contributed by atoms with Gasteiger partial charge in [-0.1, -0.05) is 243 Å². The Morgan fingerprint density at radius 3 is 0.726 bits per heavy atom. The molecule has 14 rings (SSSR count). The summed E-state index contributed by atoms with van der Waals surface area (Å²) >= 11 is 0. The van der Waals surface area contributed by atoms with Crippen molar-refractivity contribution in [3.63, 3.8) is 0 Å². The molecule has 10 aromatic carbocycles. The van der Waals surface area contributed by atoms with Gasteiger partial charge in [0.05, 0.1) is 5.41 Å². The summed E-state index contributed by atoms with van der Waals surface area (Å²) in [7, 11) is 0. The molecule has 6 nitrogen and oxygen atoms in total. The fraction of sp³-hybridized carbons (Fsp3) is 0.0149. The van der Waals surface area contributed by atoms with Crippen LogP contribution in [0.25, 0.3) is 113 Å². The lowest BCUT2D eigenvalue weighted by Crippen LogP contribution is -2.26. The Morgan fingerprint density at radius 1 is 0.178 bits per heavy atom. The van der Waals surface area contributed by atoms with Crippen molar-refractivity contribution < 1.29 is 0 Å². The minimum absolute atomic E-state index is 0.539. The number of hydrogen-bond acceptors (Lipinski definition) is 6. The molecule has 0 unspecified atom stereocenters.